The minimum absolute atomic E-state index is 0.0950. The first-order valence-electron chi connectivity index (χ1n) is 6.94. The van der Waals surface area contributed by atoms with Gasteiger partial charge in [0, 0.05) is 13.1 Å². The van der Waals surface area contributed by atoms with E-state index in [1.54, 1.807) is 0 Å². The van der Waals surface area contributed by atoms with E-state index in [1.807, 2.05) is 0 Å². The Morgan fingerprint density at radius 2 is 2.00 bits per heavy atom. The van der Waals surface area contributed by atoms with Crippen LogP contribution in [0, 0.1) is 5.92 Å². The van der Waals surface area contributed by atoms with Crippen molar-refractivity contribution in [1.29, 1.82) is 0 Å². The molecule has 4 nitrogen and oxygen atoms in total. The van der Waals surface area contributed by atoms with Gasteiger partial charge in [-0.1, -0.05) is 13.8 Å². The van der Waals surface area contributed by atoms with Gasteiger partial charge < -0.3 is 20.4 Å². The number of nitrogens with one attached hydrogen (secondary N) is 1. The summed E-state index contributed by atoms with van der Waals surface area (Å²) >= 11 is 0. The predicted molar refractivity (Wildman–Crippen MR) is 70.0 cm³/mol. The van der Waals surface area contributed by atoms with E-state index in [1.165, 1.54) is 0 Å². The zero-order valence-corrected chi connectivity index (χ0v) is 11.2. The van der Waals surface area contributed by atoms with Gasteiger partial charge in [0.15, 0.2) is 0 Å². The summed E-state index contributed by atoms with van der Waals surface area (Å²) in [7, 11) is 0. The monoisotopic (exact) mass is 244 g/mol. The van der Waals surface area contributed by atoms with Crippen LogP contribution in [0.4, 0.5) is 0 Å². The summed E-state index contributed by atoms with van der Waals surface area (Å²) in [5.41, 5.74) is 0. The van der Waals surface area contributed by atoms with Crippen molar-refractivity contribution in [1.82, 2.24) is 10.2 Å². The molecule has 3 unspecified atom stereocenters. The molecule has 4 heteroatoms. The molecule has 0 aromatic rings. The summed E-state index contributed by atoms with van der Waals surface area (Å²) in [4.78, 5) is 2.23. The first kappa shape index (κ1) is 14.9. The van der Waals surface area contributed by atoms with Crippen LogP contribution in [-0.4, -0.2) is 60.0 Å². The molecule has 0 saturated heterocycles. The van der Waals surface area contributed by atoms with Crippen LogP contribution in [0.3, 0.4) is 0 Å². The summed E-state index contributed by atoms with van der Waals surface area (Å²) < 4.78 is 0. The fourth-order valence-electron chi connectivity index (χ4n) is 2.53. The second-order valence-corrected chi connectivity index (χ2v) is 5.13. The maximum Gasteiger partial charge on any atom is 0.0791 e. The number of aliphatic hydroxyl groups excluding tert-OH is 2. The van der Waals surface area contributed by atoms with Crippen LogP contribution in [0.15, 0.2) is 0 Å². The van der Waals surface area contributed by atoms with Crippen LogP contribution in [0.1, 0.15) is 33.1 Å². The lowest BCUT2D eigenvalue weighted by Gasteiger charge is -2.22. The van der Waals surface area contributed by atoms with Crippen molar-refractivity contribution in [3.8, 4) is 0 Å². The zero-order valence-electron chi connectivity index (χ0n) is 11.2. The van der Waals surface area contributed by atoms with Gasteiger partial charge in [0.25, 0.3) is 0 Å². The van der Waals surface area contributed by atoms with E-state index in [-0.39, 0.29) is 12.2 Å². The van der Waals surface area contributed by atoms with Gasteiger partial charge in [-0.2, -0.15) is 0 Å². The van der Waals surface area contributed by atoms with Gasteiger partial charge >= 0.3 is 0 Å². The molecular weight excluding hydrogens is 216 g/mol. The number of aliphatic hydroxyl groups is 2. The van der Waals surface area contributed by atoms with E-state index in [0.717, 1.165) is 45.4 Å². The normalized spacial score (nSPS) is 26.6. The van der Waals surface area contributed by atoms with Crippen LogP contribution in [0.5, 0.6) is 0 Å². The molecule has 0 bridgehead atoms. The third-order valence-electron chi connectivity index (χ3n) is 3.69. The van der Waals surface area contributed by atoms with Gasteiger partial charge in [-0.25, -0.2) is 0 Å². The molecule has 1 aliphatic rings. The number of hydrogen-bond donors (Lipinski definition) is 3. The molecule has 102 valence electrons. The number of likely N-dealkylation sites (N-methyl/N-ethyl adjacent to an activating group) is 1. The molecule has 1 rings (SSSR count). The second kappa shape index (κ2) is 8.03. The molecule has 0 radical (unpaired) electrons. The summed E-state index contributed by atoms with van der Waals surface area (Å²) in [6.07, 6.45) is 2.58. The SMILES string of the molecule is CCN(CC)CC(O)CNCC1CCC(O)C1. The van der Waals surface area contributed by atoms with Crippen molar-refractivity contribution in [2.75, 3.05) is 32.7 Å². The third kappa shape index (κ3) is 5.82. The largest absolute Gasteiger partial charge is 0.393 e. The molecule has 1 aliphatic carbocycles. The molecular formula is C13H28N2O2. The van der Waals surface area contributed by atoms with Crippen molar-refractivity contribution >= 4 is 0 Å². The molecule has 0 amide bonds. The van der Waals surface area contributed by atoms with E-state index < -0.39 is 0 Å². The second-order valence-electron chi connectivity index (χ2n) is 5.13. The van der Waals surface area contributed by atoms with Crippen LogP contribution in [-0.2, 0) is 0 Å². The topological polar surface area (TPSA) is 55.7 Å². The van der Waals surface area contributed by atoms with E-state index in [2.05, 4.69) is 24.1 Å². The maximum atomic E-state index is 9.85. The quantitative estimate of drug-likeness (QED) is 0.580. The van der Waals surface area contributed by atoms with Gasteiger partial charge in [0.05, 0.1) is 12.2 Å². The number of nitrogens with zero attached hydrogens (tertiary/aromatic N) is 1. The van der Waals surface area contributed by atoms with Crippen LogP contribution < -0.4 is 5.32 Å². The molecule has 17 heavy (non-hydrogen) atoms. The Balaban J connectivity index is 2.05. The van der Waals surface area contributed by atoms with Crippen LogP contribution in [0.2, 0.25) is 0 Å². The summed E-state index contributed by atoms with van der Waals surface area (Å²) in [6.45, 7) is 8.53. The Bertz CT molecular complexity index is 198. The molecule has 0 aliphatic heterocycles. The molecule has 0 heterocycles. The van der Waals surface area contributed by atoms with Gasteiger partial charge in [-0.3, -0.25) is 0 Å². The van der Waals surface area contributed by atoms with Crippen molar-refractivity contribution < 1.29 is 10.2 Å². The Labute approximate surface area is 105 Å². The minimum Gasteiger partial charge on any atom is -0.393 e. The van der Waals surface area contributed by atoms with E-state index in [0.29, 0.717) is 12.5 Å². The third-order valence-corrected chi connectivity index (χ3v) is 3.69. The Kier molecular flexibility index (Phi) is 7.04. The predicted octanol–water partition coefficient (Wildman–Crippen LogP) is 0.440. The Morgan fingerprint density at radius 3 is 2.53 bits per heavy atom. The van der Waals surface area contributed by atoms with Gasteiger partial charge in [-0.15, -0.1) is 0 Å². The molecule has 1 fully saturated rings. The summed E-state index contributed by atoms with van der Waals surface area (Å²) in [6, 6.07) is 0. The van der Waals surface area contributed by atoms with Crippen LogP contribution in [0.25, 0.3) is 0 Å². The summed E-state index contributed by atoms with van der Waals surface area (Å²) in [5.74, 6) is 0.589. The molecule has 3 atom stereocenters. The van der Waals surface area contributed by atoms with Gasteiger partial charge in [0.1, 0.15) is 0 Å². The van der Waals surface area contributed by atoms with E-state index >= 15 is 0 Å². The highest BCUT2D eigenvalue weighted by Crippen LogP contribution is 2.24. The molecule has 1 saturated carbocycles. The van der Waals surface area contributed by atoms with Gasteiger partial charge in [-0.05, 0) is 44.8 Å². The fourth-order valence-corrected chi connectivity index (χ4v) is 2.53. The number of hydrogen-bond acceptors (Lipinski definition) is 4. The first-order chi connectivity index (χ1) is 8.15. The highest BCUT2D eigenvalue weighted by Gasteiger charge is 2.22. The molecule has 3 N–H and O–H groups in total. The molecule has 0 aromatic carbocycles. The standard InChI is InChI=1S/C13H28N2O2/c1-3-15(4-2)10-13(17)9-14-8-11-5-6-12(16)7-11/h11-14,16-17H,3-10H2,1-2H3. The van der Waals surface area contributed by atoms with Crippen LogP contribution >= 0.6 is 0 Å². The highest BCUT2D eigenvalue weighted by atomic mass is 16.3. The Morgan fingerprint density at radius 1 is 1.29 bits per heavy atom. The molecule has 0 spiro atoms. The highest BCUT2D eigenvalue weighted by molar-refractivity contribution is 4.77. The van der Waals surface area contributed by atoms with Gasteiger partial charge in [0.2, 0.25) is 0 Å². The van der Waals surface area contributed by atoms with Crippen molar-refractivity contribution in [3.05, 3.63) is 0 Å². The smallest absolute Gasteiger partial charge is 0.0791 e. The lowest BCUT2D eigenvalue weighted by atomic mass is 10.1. The average Bonchev–Trinajstić information content (AvgIpc) is 2.72. The maximum absolute atomic E-state index is 9.85. The first-order valence-corrected chi connectivity index (χ1v) is 6.94. The summed E-state index contributed by atoms with van der Waals surface area (Å²) in [5, 5.41) is 22.6. The minimum atomic E-state index is -0.291. The van der Waals surface area contributed by atoms with Crippen molar-refractivity contribution in [2.24, 2.45) is 5.92 Å². The Hall–Kier alpha value is -0.160. The average molecular weight is 244 g/mol. The lowest BCUT2D eigenvalue weighted by molar-refractivity contribution is 0.115. The van der Waals surface area contributed by atoms with E-state index in [9.17, 15) is 10.2 Å². The lowest BCUT2D eigenvalue weighted by Crippen LogP contribution is -2.39. The zero-order chi connectivity index (χ0) is 12.7. The number of rotatable bonds is 8. The van der Waals surface area contributed by atoms with Crippen molar-refractivity contribution in [2.45, 2.75) is 45.3 Å². The molecule has 0 aromatic heterocycles. The van der Waals surface area contributed by atoms with Crippen molar-refractivity contribution in [3.63, 3.8) is 0 Å². The fraction of sp³-hybridized carbons (Fsp3) is 1.00. The van der Waals surface area contributed by atoms with E-state index in [4.69, 9.17) is 0 Å².